The van der Waals surface area contributed by atoms with Gasteiger partial charge in [0.2, 0.25) is 10.0 Å². The lowest BCUT2D eigenvalue weighted by molar-refractivity contribution is -0.386. The van der Waals surface area contributed by atoms with E-state index in [1.807, 2.05) is 0 Å². The van der Waals surface area contributed by atoms with Crippen molar-refractivity contribution in [2.75, 3.05) is 7.11 Å². The summed E-state index contributed by atoms with van der Waals surface area (Å²) in [4.78, 5) is 10.2. The second-order valence-electron chi connectivity index (χ2n) is 6.07. The van der Waals surface area contributed by atoms with Gasteiger partial charge in [0.05, 0.1) is 16.9 Å². The molecule has 0 aromatic heterocycles. The lowest BCUT2D eigenvalue weighted by Crippen LogP contribution is -2.33. The van der Waals surface area contributed by atoms with Gasteiger partial charge in [0, 0.05) is 29.2 Å². The van der Waals surface area contributed by atoms with E-state index < -0.39 is 26.5 Å². The van der Waals surface area contributed by atoms with E-state index in [0.29, 0.717) is 12.8 Å². The second kappa shape index (κ2) is 7.41. The Balaban J connectivity index is 2.03. The first kappa shape index (κ1) is 19.5. The molecular weight excluding hydrogens is 399 g/mol. The Morgan fingerprint density at radius 2 is 2.04 bits per heavy atom. The molecule has 2 aromatic rings. The molecule has 0 amide bonds. The first-order chi connectivity index (χ1) is 12.8. The van der Waals surface area contributed by atoms with Gasteiger partial charge in [-0.05, 0) is 37.1 Å². The Morgan fingerprint density at radius 1 is 1.33 bits per heavy atom. The molecule has 0 saturated heterocycles. The highest BCUT2D eigenvalue weighted by Gasteiger charge is 2.39. The molecule has 10 heteroatoms. The minimum absolute atomic E-state index is 0.0472. The van der Waals surface area contributed by atoms with Gasteiger partial charge in [-0.1, -0.05) is 17.7 Å². The fourth-order valence-electron chi connectivity index (χ4n) is 2.72. The minimum Gasteiger partial charge on any atom is -0.490 e. The highest BCUT2D eigenvalue weighted by molar-refractivity contribution is 7.89. The molecule has 0 atom stereocenters. The molecule has 0 aliphatic heterocycles. The number of rotatable bonds is 7. The Morgan fingerprint density at radius 3 is 2.59 bits per heavy atom. The Hall–Kier alpha value is -2.23. The molecule has 0 N–H and O–H groups in total. The molecular formula is C17H16ClFN2O5S. The monoisotopic (exact) mass is 414 g/mol. The molecule has 144 valence electrons. The van der Waals surface area contributed by atoms with E-state index >= 15 is 0 Å². The van der Waals surface area contributed by atoms with E-state index in [-0.39, 0.29) is 33.8 Å². The number of sulfonamides is 1. The summed E-state index contributed by atoms with van der Waals surface area (Å²) in [6, 6.07) is 7.24. The molecule has 1 saturated carbocycles. The number of ether oxygens (including phenoxy) is 1. The van der Waals surface area contributed by atoms with Gasteiger partial charge in [-0.2, -0.15) is 4.31 Å². The number of hydrogen-bond acceptors (Lipinski definition) is 5. The van der Waals surface area contributed by atoms with Crippen molar-refractivity contribution >= 4 is 27.3 Å². The van der Waals surface area contributed by atoms with Gasteiger partial charge >= 0.3 is 5.69 Å². The van der Waals surface area contributed by atoms with Gasteiger partial charge in [-0.3, -0.25) is 10.1 Å². The first-order valence-electron chi connectivity index (χ1n) is 8.03. The van der Waals surface area contributed by atoms with E-state index in [0.717, 1.165) is 10.4 Å². The van der Waals surface area contributed by atoms with Crippen LogP contribution in [0.3, 0.4) is 0 Å². The van der Waals surface area contributed by atoms with E-state index in [9.17, 15) is 22.9 Å². The van der Waals surface area contributed by atoms with Crippen LogP contribution in [0.2, 0.25) is 5.02 Å². The van der Waals surface area contributed by atoms with Crippen LogP contribution >= 0.6 is 11.6 Å². The van der Waals surface area contributed by atoms with E-state index in [1.54, 1.807) is 0 Å². The molecule has 0 bridgehead atoms. The number of nitrogens with zero attached hydrogens (tertiary/aromatic N) is 2. The zero-order valence-corrected chi connectivity index (χ0v) is 15.8. The van der Waals surface area contributed by atoms with E-state index in [2.05, 4.69) is 0 Å². The van der Waals surface area contributed by atoms with Gasteiger partial charge < -0.3 is 4.74 Å². The van der Waals surface area contributed by atoms with Crippen LogP contribution in [0.1, 0.15) is 18.4 Å². The molecule has 0 heterocycles. The lowest BCUT2D eigenvalue weighted by atomic mass is 10.2. The van der Waals surface area contributed by atoms with Crippen molar-refractivity contribution in [1.29, 1.82) is 0 Å². The van der Waals surface area contributed by atoms with Crippen LogP contribution in [0.15, 0.2) is 41.3 Å². The number of nitro benzene ring substituents is 1. The highest BCUT2D eigenvalue weighted by Crippen LogP contribution is 2.37. The van der Waals surface area contributed by atoms with Crippen molar-refractivity contribution in [1.82, 2.24) is 4.31 Å². The quantitative estimate of drug-likeness (QED) is 0.508. The normalized spacial score (nSPS) is 14.4. The Bertz CT molecular complexity index is 975. The molecule has 2 aromatic carbocycles. The van der Waals surface area contributed by atoms with Crippen molar-refractivity contribution < 1.29 is 22.5 Å². The molecule has 1 fully saturated rings. The minimum atomic E-state index is -4.10. The average Bonchev–Trinajstić information content (AvgIpc) is 3.45. The predicted molar refractivity (Wildman–Crippen MR) is 96.8 cm³/mol. The van der Waals surface area contributed by atoms with Crippen LogP contribution in [-0.2, 0) is 16.6 Å². The van der Waals surface area contributed by atoms with Crippen LogP contribution in [-0.4, -0.2) is 30.8 Å². The summed E-state index contributed by atoms with van der Waals surface area (Å²) < 4.78 is 46.4. The number of hydrogen-bond donors (Lipinski definition) is 0. The van der Waals surface area contributed by atoms with E-state index in [1.165, 1.54) is 37.4 Å². The maximum atomic E-state index is 14.1. The number of nitro groups is 1. The number of halogens is 2. The maximum Gasteiger partial charge on any atom is 0.312 e. The van der Waals surface area contributed by atoms with Gasteiger partial charge in [0.15, 0.2) is 5.75 Å². The summed E-state index contributed by atoms with van der Waals surface area (Å²) in [5.41, 5.74) is -0.393. The number of methoxy groups -OCH3 is 1. The van der Waals surface area contributed by atoms with Crippen molar-refractivity contribution in [3.63, 3.8) is 0 Å². The largest absolute Gasteiger partial charge is 0.490 e. The molecule has 1 aliphatic rings. The van der Waals surface area contributed by atoms with Crippen LogP contribution in [0.5, 0.6) is 5.75 Å². The van der Waals surface area contributed by atoms with Crippen molar-refractivity contribution in [2.45, 2.75) is 30.3 Å². The summed E-state index contributed by atoms with van der Waals surface area (Å²) in [5, 5.41) is 11.3. The van der Waals surface area contributed by atoms with Gasteiger partial charge in [-0.25, -0.2) is 12.8 Å². The molecule has 3 rings (SSSR count). The third kappa shape index (κ3) is 3.90. The molecule has 27 heavy (non-hydrogen) atoms. The summed E-state index contributed by atoms with van der Waals surface area (Å²) >= 11 is 6.03. The summed E-state index contributed by atoms with van der Waals surface area (Å²) in [6.07, 6.45) is 1.26. The maximum absolute atomic E-state index is 14.1. The molecule has 1 aliphatic carbocycles. The lowest BCUT2D eigenvalue weighted by Gasteiger charge is -2.23. The van der Waals surface area contributed by atoms with Gasteiger partial charge in [0.25, 0.3) is 0 Å². The third-order valence-electron chi connectivity index (χ3n) is 4.28. The first-order valence-corrected chi connectivity index (χ1v) is 9.84. The van der Waals surface area contributed by atoms with Gasteiger partial charge in [-0.15, -0.1) is 0 Å². The SMILES string of the molecule is COc1ccc(S(=O)(=O)N(Cc2c(F)cccc2Cl)C2CC2)cc1[N+](=O)[O-]. The molecule has 0 radical (unpaired) electrons. The summed E-state index contributed by atoms with van der Waals surface area (Å²) in [5.74, 6) is -0.655. The number of benzene rings is 2. The van der Waals surface area contributed by atoms with Crippen LogP contribution < -0.4 is 4.74 Å². The molecule has 0 unspecified atom stereocenters. The zero-order chi connectivity index (χ0) is 19.8. The van der Waals surface area contributed by atoms with Crippen molar-refractivity contribution in [3.05, 3.63) is 62.9 Å². The molecule has 7 nitrogen and oxygen atoms in total. The topological polar surface area (TPSA) is 89.8 Å². The smallest absolute Gasteiger partial charge is 0.312 e. The van der Waals surface area contributed by atoms with Crippen LogP contribution in [0.25, 0.3) is 0 Å². The second-order valence-corrected chi connectivity index (χ2v) is 8.37. The highest BCUT2D eigenvalue weighted by atomic mass is 35.5. The summed E-state index contributed by atoms with van der Waals surface area (Å²) in [7, 11) is -2.85. The van der Waals surface area contributed by atoms with Crippen molar-refractivity contribution in [3.8, 4) is 5.75 Å². The van der Waals surface area contributed by atoms with Crippen LogP contribution in [0, 0.1) is 15.9 Å². The van der Waals surface area contributed by atoms with Gasteiger partial charge in [0.1, 0.15) is 5.82 Å². The standard InChI is InChI=1S/C17H16ClFN2O5S/c1-26-17-8-7-12(9-16(17)21(22)23)27(24,25)20(11-5-6-11)10-13-14(18)3-2-4-15(13)19/h2-4,7-9,11H,5-6,10H2,1H3. The fraction of sp³-hybridized carbons (Fsp3) is 0.294. The predicted octanol–water partition coefficient (Wildman–Crippen LogP) is 3.75. The summed E-state index contributed by atoms with van der Waals surface area (Å²) in [6.45, 7) is -0.252. The molecule has 0 spiro atoms. The average molecular weight is 415 g/mol. The Kier molecular flexibility index (Phi) is 5.36. The Labute approximate surface area is 160 Å². The van der Waals surface area contributed by atoms with Crippen LogP contribution in [0.4, 0.5) is 10.1 Å². The third-order valence-corrected chi connectivity index (χ3v) is 6.53. The van der Waals surface area contributed by atoms with Crippen molar-refractivity contribution in [2.24, 2.45) is 0 Å². The zero-order valence-electron chi connectivity index (χ0n) is 14.3. The fourth-order valence-corrected chi connectivity index (χ4v) is 4.62. The van der Waals surface area contributed by atoms with E-state index in [4.69, 9.17) is 16.3 Å².